The minimum atomic E-state index is -0.510. The van der Waals surface area contributed by atoms with Gasteiger partial charge in [0, 0.05) is 30.9 Å². The fourth-order valence-electron chi connectivity index (χ4n) is 1.64. The molecule has 0 aliphatic heterocycles. The van der Waals surface area contributed by atoms with Crippen LogP contribution in [-0.2, 0) is 6.54 Å². The molecular weight excluding hydrogens is 294 g/mol. The summed E-state index contributed by atoms with van der Waals surface area (Å²) in [6.45, 7) is 3.65. The highest BCUT2D eigenvalue weighted by molar-refractivity contribution is 6.32. The first-order valence-electron chi connectivity index (χ1n) is 6.37. The fourth-order valence-corrected chi connectivity index (χ4v) is 1.86. The number of hydrogen-bond acceptors (Lipinski definition) is 5. The lowest BCUT2D eigenvalue weighted by atomic mass is 10.3. The summed E-state index contributed by atoms with van der Waals surface area (Å²) < 4.78 is 5.52. The lowest BCUT2D eigenvalue weighted by molar-refractivity contribution is -0.384. The smallest absolute Gasteiger partial charge is 0.271 e. The molecule has 1 aromatic carbocycles. The van der Waals surface area contributed by atoms with E-state index < -0.39 is 4.92 Å². The molecular formula is C14H14ClN3O3. The number of aromatic nitrogens is 1. The van der Waals surface area contributed by atoms with Gasteiger partial charge in [0.25, 0.3) is 5.69 Å². The number of nitro benzene ring substituents is 1. The number of nitrogens with zero attached hydrogens (tertiary/aromatic N) is 2. The van der Waals surface area contributed by atoms with Gasteiger partial charge >= 0.3 is 0 Å². The number of benzene rings is 1. The van der Waals surface area contributed by atoms with Crippen molar-refractivity contribution in [2.24, 2.45) is 0 Å². The molecule has 0 radical (unpaired) electrons. The van der Waals surface area contributed by atoms with Crippen molar-refractivity contribution in [2.75, 3.05) is 6.54 Å². The molecule has 0 aliphatic rings. The van der Waals surface area contributed by atoms with Gasteiger partial charge in [0.1, 0.15) is 5.75 Å². The Morgan fingerprint density at radius 2 is 2.19 bits per heavy atom. The fraction of sp³-hybridized carbons (Fsp3) is 0.214. The Balaban J connectivity index is 2.09. The van der Waals surface area contributed by atoms with Crippen LogP contribution < -0.4 is 10.1 Å². The zero-order valence-corrected chi connectivity index (χ0v) is 12.1. The molecule has 6 nitrogen and oxygen atoms in total. The van der Waals surface area contributed by atoms with E-state index in [1.54, 1.807) is 12.3 Å². The number of nitro groups is 1. The van der Waals surface area contributed by atoms with Gasteiger partial charge in [-0.25, -0.2) is 4.98 Å². The second-order valence-electron chi connectivity index (χ2n) is 4.26. The minimum Gasteiger partial charge on any atom is -0.437 e. The quantitative estimate of drug-likeness (QED) is 0.652. The first kappa shape index (κ1) is 15.2. The molecule has 21 heavy (non-hydrogen) atoms. The Bertz CT molecular complexity index is 632. The van der Waals surface area contributed by atoms with Crippen LogP contribution in [0.4, 0.5) is 5.69 Å². The van der Waals surface area contributed by atoms with E-state index in [-0.39, 0.29) is 10.7 Å². The Kier molecular flexibility index (Phi) is 5.08. The van der Waals surface area contributed by atoms with Gasteiger partial charge in [-0.2, -0.15) is 0 Å². The molecule has 0 bridgehead atoms. The SMILES string of the molecule is CCNCc1ccc(Oc2ccc([N+](=O)[O-])cc2Cl)nc1. The van der Waals surface area contributed by atoms with Gasteiger partial charge in [0.05, 0.1) is 9.95 Å². The summed E-state index contributed by atoms with van der Waals surface area (Å²) in [5, 5.41) is 14.0. The third-order valence-electron chi connectivity index (χ3n) is 2.72. The third kappa shape index (κ3) is 4.14. The lowest BCUT2D eigenvalue weighted by Gasteiger charge is -2.07. The summed E-state index contributed by atoms with van der Waals surface area (Å²) in [6, 6.07) is 7.65. The summed E-state index contributed by atoms with van der Waals surface area (Å²) >= 11 is 5.96. The second kappa shape index (κ2) is 7.01. The van der Waals surface area contributed by atoms with Crippen molar-refractivity contribution in [2.45, 2.75) is 13.5 Å². The summed E-state index contributed by atoms with van der Waals surface area (Å²) in [6.07, 6.45) is 1.71. The standard InChI is InChI=1S/C14H14ClN3O3/c1-2-16-8-10-3-6-14(17-9-10)21-13-5-4-11(18(19)20)7-12(13)15/h3-7,9,16H,2,8H2,1H3. The van der Waals surface area contributed by atoms with E-state index in [1.807, 2.05) is 13.0 Å². The van der Waals surface area contributed by atoms with Crippen LogP contribution >= 0.6 is 11.6 Å². The van der Waals surface area contributed by atoms with Gasteiger partial charge in [-0.1, -0.05) is 24.6 Å². The molecule has 0 aliphatic carbocycles. The van der Waals surface area contributed by atoms with Crippen LogP contribution in [-0.4, -0.2) is 16.5 Å². The molecule has 2 aromatic rings. The highest BCUT2D eigenvalue weighted by atomic mass is 35.5. The topological polar surface area (TPSA) is 77.3 Å². The van der Waals surface area contributed by atoms with Crippen LogP contribution in [0.25, 0.3) is 0 Å². The van der Waals surface area contributed by atoms with E-state index in [0.29, 0.717) is 11.6 Å². The summed E-state index contributed by atoms with van der Waals surface area (Å²) in [4.78, 5) is 14.3. The van der Waals surface area contributed by atoms with E-state index in [0.717, 1.165) is 18.7 Å². The van der Waals surface area contributed by atoms with Crippen LogP contribution in [0.5, 0.6) is 11.6 Å². The molecule has 1 N–H and O–H groups in total. The number of rotatable bonds is 6. The molecule has 0 atom stereocenters. The average molecular weight is 308 g/mol. The van der Waals surface area contributed by atoms with Crippen molar-refractivity contribution in [3.63, 3.8) is 0 Å². The Hall–Kier alpha value is -2.18. The third-order valence-corrected chi connectivity index (χ3v) is 3.01. The monoisotopic (exact) mass is 307 g/mol. The van der Waals surface area contributed by atoms with Crippen molar-refractivity contribution in [1.29, 1.82) is 0 Å². The number of ether oxygens (including phenoxy) is 1. The predicted molar refractivity (Wildman–Crippen MR) is 79.8 cm³/mol. The van der Waals surface area contributed by atoms with Crippen LogP contribution in [0.3, 0.4) is 0 Å². The first-order chi connectivity index (χ1) is 10.1. The number of hydrogen-bond donors (Lipinski definition) is 1. The Morgan fingerprint density at radius 1 is 1.38 bits per heavy atom. The predicted octanol–water partition coefficient (Wildman–Crippen LogP) is 3.55. The first-order valence-corrected chi connectivity index (χ1v) is 6.75. The largest absolute Gasteiger partial charge is 0.437 e. The van der Waals surface area contributed by atoms with E-state index in [9.17, 15) is 10.1 Å². The van der Waals surface area contributed by atoms with Crippen LogP contribution in [0.2, 0.25) is 5.02 Å². The molecule has 1 aromatic heterocycles. The van der Waals surface area contributed by atoms with E-state index in [2.05, 4.69) is 10.3 Å². The highest BCUT2D eigenvalue weighted by Crippen LogP contribution is 2.31. The molecule has 0 amide bonds. The molecule has 2 rings (SSSR count). The molecule has 7 heteroatoms. The maximum Gasteiger partial charge on any atom is 0.271 e. The lowest BCUT2D eigenvalue weighted by Crippen LogP contribution is -2.11. The van der Waals surface area contributed by atoms with Crippen LogP contribution in [0.1, 0.15) is 12.5 Å². The van der Waals surface area contributed by atoms with Crippen LogP contribution in [0, 0.1) is 10.1 Å². The average Bonchev–Trinajstić information content (AvgIpc) is 2.48. The summed E-state index contributed by atoms with van der Waals surface area (Å²) in [5.41, 5.74) is 0.959. The van der Waals surface area contributed by atoms with Crippen molar-refractivity contribution >= 4 is 17.3 Å². The Morgan fingerprint density at radius 3 is 2.76 bits per heavy atom. The minimum absolute atomic E-state index is 0.0821. The number of non-ortho nitro benzene ring substituents is 1. The zero-order chi connectivity index (χ0) is 15.2. The van der Waals surface area contributed by atoms with E-state index >= 15 is 0 Å². The molecule has 0 spiro atoms. The van der Waals surface area contributed by atoms with Crippen molar-refractivity contribution < 1.29 is 9.66 Å². The van der Waals surface area contributed by atoms with Crippen LogP contribution in [0.15, 0.2) is 36.5 Å². The van der Waals surface area contributed by atoms with Gasteiger partial charge in [0.2, 0.25) is 5.88 Å². The van der Waals surface area contributed by atoms with Crippen molar-refractivity contribution in [3.8, 4) is 11.6 Å². The van der Waals surface area contributed by atoms with Gasteiger partial charge in [0.15, 0.2) is 0 Å². The maximum absolute atomic E-state index is 10.6. The summed E-state index contributed by atoms with van der Waals surface area (Å²) in [5.74, 6) is 0.709. The van der Waals surface area contributed by atoms with Gasteiger partial charge in [-0.3, -0.25) is 10.1 Å². The molecule has 0 unspecified atom stereocenters. The normalized spacial score (nSPS) is 10.4. The number of halogens is 1. The summed E-state index contributed by atoms with van der Waals surface area (Å²) in [7, 11) is 0. The van der Waals surface area contributed by atoms with Crippen molar-refractivity contribution in [3.05, 3.63) is 57.2 Å². The van der Waals surface area contributed by atoms with E-state index in [1.165, 1.54) is 18.2 Å². The second-order valence-corrected chi connectivity index (χ2v) is 4.67. The van der Waals surface area contributed by atoms with Gasteiger partial charge in [-0.15, -0.1) is 0 Å². The molecule has 110 valence electrons. The van der Waals surface area contributed by atoms with Crippen molar-refractivity contribution in [1.82, 2.24) is 10.3 Å². The molecule has 0 saturated carbocycles. The maximum atomic E-state index is 10.6. The number of nitrogens with one attached hydrogen (secondary N) is 1. The highest BCUT2D eigenvalue weighted by Gasteiger charge is 2.11. The molecule has 0 saturated heterocycles. The molecule has 1 heterocycles. The molecule has 0 fully saturated rings. The van der Waals surface area contributed by atoms with Gasteiger partial charge < -0.3 is 10.1 Å². The number of pyridine rings is 1. The zero-order valence-electron chi connectivity index (χ0n) is 11.4. The van der Waals surface area contributed by atoms with Gasteiger partial charge in [-0.05, 0) is 18.2 Å². The van der Waals surface area contributed by atoms with E-state index in [4.69, 9.17) is 16.3 Å². The Labute approximate surface area is 126 Å².